The number of aryl methyl sites for hydroxylation is 1. The van der Waals surface area contributed by atoms with Crippen LogP contribution in [0.5, 0.6) is 5.75 Å². The van der Waals surface area contributed by atoms with Gasteiger partial charge in [-0.05, 0) is 55.8 Å². The number of benzene rings is 2. The van der Waals surface area contributed by atoms with Gasteiger partial charge in [0.2, 0.25) is 5.91 Å². The standard InChI is InChI=1S/C23H26FN5O4S/c1-4-29-21(19(12-30)26-22(32)15-6-9-17(33-3)10-7-15)27-28-23(29)34-13-20(31)25-18-11-16(24)8-5-14(18)2/h5-11,19,30H,4,12-13H2,1-3H3,(H,25,31)(H,26,32)/t19-/m0/s1. The van der Waals surface area contributed by atoms with Crippen molar-refractivity contribution >= 4 is 29.3 Å². The molecule has 2 aromatic carbocycles. The predicted octanol–water partition coefficient (Wildman–Crippen LogP) is 2.95. The van der Waals surface area contributed by atoms with Crippen molar-refractivity contribution < 1.29 is 23.8 Å². The van der Waals surface area contributed by atoms with E-state index in [0.29, 0.717) is 34.5 Å². The quantitative estimate of drug-likeness (QED) is 0.376. The molecule has 11 heteroatoms. The van der Waals surface area contributed by atoms with E-state index in [1.807, 2.05) is 6.92 Å². The number of methoxy groups -OCH3 is 1. The van der Waals surface area contributed by atoms with E-state index in [1.54, 1.807) is 41.8 Å². The Bertz CT molecular complexity index is 1150. The van der Waals surface area contributed by atoms with E-state index < -0.39 is 11.9 Å². The third kappa shape index (κ3) is 6.12. The van der Waals surface area contributed by atoms with Crippen LogP contribution in [0, 0.1) is 12.7 Å². The molecule has 0 saturated heterocycles. The van der Waals surface area contributed by atoms with Crippen LogP contribution in [0.2, 0.25) is 0 Å². The van der Waals surface area contributed by atoms with Crippen LogP contribution in [0.1, 0.15) is 34.7 Å². The van der Waals surface area contributed by atoms with Crippen LogP contribution in [0.3, 0.4) is 0 Å². The topological polar surface area (TPSA) is 118 Å². The maximum absolute atomic E-state index is 13.5. The number of aliphatic hydroxyl groups is 1. The molecule has 3 aromatic rings. The van der Waals surface area contributed by atoms with Gasteiger partial charge in [-0.2, -0.15) is 0 Å². The molecule has 34 heavy (non-hydrogen) atoms. The average Bonchev–Trinajstić information content (AvgIpc) is 3.26. The van der Waals surface area contributed by atoms with E-state index in [9.17, 15) is 19.1 Å². The van der Waals surface area contributed by atoms with Gasteiger partial charge in [-0.3, -0.25) is 9.59 Å². The van der Waals surface area contributed by atoms with E-state index in [0.717, 1.165) is 17.3 Å². The summed E-state index contributed by atoms with van der Waals surface area (Å²) in [7, 11) is 1.54. The van der Waals surface area contributed by atoms with Crippen LogP contribution in [0.4, 0.5) is 10.1 Å². The lowest BCUT2D eigenvalue weighted by atomic mass is 10.2. The summed E-state index contributed by atoms with van der Waals surface area (Å²) < 4.78 is 20.3. The lowest BCUT2D eigenvalue weighted by molar-refractivity contribution is -0.113. The minimum absolute atomic E-state index is 0.0239. The maximum Gasteiger partial charge on any atom is 0.251 e. The lowest BCUT2D eigenvalue weighted by Crippen LogP contribution is -2.32. The Labute approximate surface area is 200 Å². The smallest absolute Gasteiger partial charge is 0.251 e. The summed E-state index contributed by atoms with van der Waals surface area (Å²) in [5.41, 5.74) is 1.56. The molecule has 0 aliphatic heterocycles. The highest BCUT2D eigenvalue weighted by Crippen LogP contribution is 2.22. The van der Waals surface area contributed by atoms with Crippen LogP contribution >= 0.6 is 11.8 Å². The summed E-state index contributed by atoms with van der Waals surface area (Å²) in [6.45, 7) is 3.72. The van der Waals surface area contributed by atoms with Gasteiger partial charge >= 0.3 is 0 Å². The molecule has 0 radical (unpaired) electrons. The highest BCUT2D eigenvalue weighted by Gasteiger charge is 2.23. The third-order valence-electron chi connectivity index (χ3n) is 5.02. The summed E-state index contributed by atoms with van der Waals surface area (Å²) in [6.07, 6.45) is 0. The van der Waals surface area contributed by atoms with Crippen molar-refractivity contribution in [3.63, 3.8) is 0 Å². The number of carbonyl (C=O) groups is 2. The number of rotatable bonds is 10. The van der Waals surface area contributed by atoms with Crippen LogP contribution in [-0.4, -0.2) is 51.2 Å². The number of thioether (sulfide) groups is 1. The van der Waals surface area contributed by atoms with Crippen molar-refractivity contribution in [1.29, 1.82) is 0 Å². The first kappa shape index (κ1) is 25.2. The fourth-order valence-corrected chi connectivity index (χ4v) is 3.99. The highest BCUT2D eigenvalue weighted by molar-refractivity contribution is 7.99. The molecule has 0 fully saturated rings. The van der Waals surface area contributed by atoms with Gasteiger partial charge < -0.3 is 25.0 Å². The van der Waals surface area contributed by atoms with Crippen molar-refractivity contribution in [2.24, 2.45) is 0 Å². The van der Waals surface area contributed by atoms with Gasteiger partial charge in [0.15, 0.2) is 11.0 Å². The fourth-order valence-electron chi connectivity index (χ4n) is 3.18. The number of nitrogens with zero attached hydrogens (tertiary/aromatic N) is 3. The Morgan fingerprint density at radius 1 is 1.21 bits per heavy atom. The van der Waals surface area contributed by atoms with Gasteiger partial charge in [-0.25, -0.2) is 4.39 Å². The zero-order chi connectivity index (χ0) is 24.7. The molecule has 180 valence electrons. The highest BCUT2D eigenvalue weighted by atomic mass is 32.2. The molecule has 2 amide bonds. The predicted molar refractivity (Wildman–Crippen MR) is 126 cm³/mol. The van der Waals surface area contributed by atoms with Gasteiger partial charge in [0.1, 0.15) is 17.6 Å². The molecule has 1 aromatic heterocycles. The number of aliphatic hydroxyl groups excluding tert-OH is 1. The molecule has 9 nitrogen and oxygen atoms in total. The maximum atomic E-state index is 13.5. The molecular weight excluding hydrogens is 461 g/mol. The Morgan fingerprint density at radius 2 is 1.94 bits per heavy atom. The average molecular weight is 488 g/mol. The molecule has 3 rings (SSSR count). The number of amides is 2. The number of hydrogen-bond acceptors (Lipinski definition) is 7. The van der Waals surface area contributed by atoms with E-state index in [1.165, 1.54) is 19.2 Å². The van der Waals surface area contributed by atoms with E-state index in [4.69, 9.17) is 4.74 Å². The molecule has 0 saturated carbocycles. The first-order valence-corrected chi connectivity index (χ1v) is 11.5. The minimum atomic E-state index is -0.792. The van der Waals surface area contributed by atoms with Crippen molar-refractivity contribution in [3.05, 3.63) is 65.2 Å². The van der Waals surface area contributed by atoms with E-state index in [-0.39, 0.29) is 24.2 Å². The second kappa shape index (κ2) is 11.6. The van der Waals surface area contributed by atoms with Gasteiger partial charge in [-0.1, -0.05) is 17.8 Å². The third-order valence-corrected chi connectivity index (χ3v) is 5.99. The Kier molecular flexibility index (Phi) is 8.61. The molecule has 0 aliphatic rings. The van der Waals surface area contributed by atoms with Gasteiger partial charge in [0.25, 0.3) is 5.91 Å². The Balaban J connectivity index is 1.67. The number of anilines is 1. The molecule has 3 N–H and O–H groups in total. The lowest BCUT2D eigenvalue weighted by Gasteiger charge is -2.17. The van der Waals surface area contributed by atoms with Gasteiger partial charge in [0.05, 0.1) is 19.5 Å². The number of hydrogen-bond donors (Lipinski definition) is 3. The Morgan fingerprint density at radius 3 is 2.59 bits per heavy atom. The molecule has 1 atom stereocenters. The van der Waals surface area contributed by atoms with E-state index >= 15 is 0 Å². The summed E-state index contributed by atoms with van der Waals surface area (Å²) in [5, 5.41) is 24.1. The van der Waals surface area contributed by atoms with Crippen LogP contribution in [-0.2, 0) is 11.3 Å². The molecular formula is C23H26FN5O4S. The second-order valence-corrected chi connectivity index (χ2v) is 8.26. The fraction of sp³-hybridized carbons (Fsp3) is 0.304. The zero-order valence-electron chi connectivity index (χ0n) is 19.0. The number of ether oxygens (including phenoxy) is 1. The summed E-state index contributed by atoms with van der Waals surface area (Å²) in [6, 6.07) is 9.97. The molecule has 0 aliphatic carbocycles. The molecule has 1 heterocycles. The number of nitrogens with one attached hydrogen (secondary N) is 2. The van der Waals surface area contributed by atoms with Gasteiger partial charge in [0, 0.05) is 17.8 Å². The van der Waals surface area contributed by atoms with Crippen molar-refractivity contribution in [2.75, 3.05) is 24.8 Å². The Hall–Kier alpha value is -3.44. The van der Waals surface area contributed by atoms with Crippen molar-refractivity contribution in [3.8, 4) is 5.75 Å². The monoisotopic (exact) mass is 487 g/mol. The minimum Gasteiger partial charge on any atom is -0.497 e. The second-order valence-electron chi connectivity index (χ2n) is 7.32. The zero-order valence-corrected chi connectivity index (χ0v) is 19.9. The molecule has 0 bridgehead atoms. The largest absolute Gasteiger partial charge is 0.497 e. The van der Waals surface area contributed by atoms with Gasteiger partial charge in [-0.15, -0.1) is 10.2 Å². The first-order valence-electron chi connectivity index (χ1n) is 10.5. The molecule has 0 spiro atoms. The SMILES string of the molecule is CCn1c(SCC(=O)Nc2cc(F)ccc2C)nnc1[C@H](CO)NC(=O)c1ccc(OC)cc1. The van der Waals surface area contributed by atoms with Crippen LogP contribution in [0.15, 0.2) is 47.6 Å². The number of aromatic nitrogens is 3. The summed E-state index contributed by atoms with van der Waals surface area (Å²) >= 11 is 1.15. The summed E-state index contributed by atoms with van der Waals surface area (Å²) in [4.78, 5) is 25.0. The summed E-state index contributed by atoms with van der Waals surface area (Å²) in [5.74, 6) is -0.120. The normalized spacial score (nSPS) is 11.7. The number of halogens is 1. The van der Waals surface area contributed by atoms with E-state index in [2.05, 4.69) is 20.8 Å². The van der Waals surface area contributed by atoms with Crippen molar-refractivity contribution in [1.82, 2.24) is 20.1 Å². The van der Waals surface area contributed by atoms with Crippen LogP contribution in [0.25, 0.3) is 0 Å². The van der Waals surface area contributed by atoms with Crippen LogP contribution < -0.4 is 15.4 Å². The van der Waals surface area contributed by atoms with Crippen molar-refractivity contribution in [2.45, 2.75) is 31.6 Å². The number of carbonyl (C=O) groups excluding carboxylic acids is 2. The molecule has 0 unspecified atom stereocenters. The first-order chi connectivity index (χ1) is 16.4.